The molecular weight excluding hydrogens is 144 g/mol. The van der Waals surface area contributed by atoms with Gasteiger partial charge in [0.25, 0.3) is 0 Å². The summed E-state index contributed by atoms with van der Waals surface area (Å²) in [7, 11) is 3.65. The van der Waals surface area contributed by atoms with Crippen molar-refractivity contribution in [2.75, 3.05) is 0 Å². The Morgan fingerprint density at radius 3 is 1.17 bits per heavy atom. The maximum atomic E-state index is 3.77. The summed E-state index contributed by atoms with van der Waals surface area (Å²) in [4.78, 5) is 0. The minimum atomic E-state index is 0.833. The molecular formula is C4H10CuS. The molecule has 0 aromatic carbocycles. The third kappa shape index (κ3) is 121. The molecule has 43 valence electrons. The number of hydrogen-bond acceptors (Lipinski definition) is 1. The first-order valence-electron chi connectivity index (χ1n) is 1.86. The third-order valence-electron chi connectivity index (χ3n) is 0. The summed E-state index contributed by atoms with van der Waals surface area (Å²) in [5, 5.41) is 0. The molecule has 0 aliphatic carbocycles. The zero-order chi connectivity index (χ0) is 5.58. The SMILES string of the molecule is CC(C)C.[S]=[Cu]. The van der Waals surface area contributed by atoms with Gasteiger partial charge in [-0.25, -0.2) is 0 Å². The van der Waals surface area contributed by atoms with E-state index in [4.69, 9.17) is 0 Å². The summed E-state index contributed by atoms with van der Waals surface area (Å²) < 4.78 is 0. The average molecular weight is 154 g/mol. The molecule has 0 rings (SSSR count). The van der Waals surface area contributed by atoms with Crippen LogP contribution < -0.4 is 0 Å². The monoisotopic (exact) mass is 153 g/mol. The summed E-state index contributed by atoms with van der Waals surface area (Å²) in [6.07, 6.45) is 0. The van der Waals surface area contributed by atoms with E-state index in [1.807, 2.05) is 0 Å². The molecule has 0 N–H and O–H groups in total. The van der Waals surface area contributed by atoms with Crippen molar-refractivity contribution in [2.24, 2.45) is 5.92 Å². The van der Waals surface area contributed by atoms with Crippen molar-refractivity contribution < 1.29 is 14.4 Å². The molecule has 0 heterocycles. The van der Waals surface area contributed by atoms with Gasteiger partial charge in [-0.15, -0.1) is 0 Å². The van der Waals surface area contributed by atoms with E-state index >= 15 is 0 Å². The van der Waals surface area contributed by atoms with E-state index < -0.39 is 0 Å². The minimum absolute atomic E-state index is 0.833. The van der Waals surface area contributed by atoms with E-state index in [1.54, 1.807) is 0 Å². The Bertz CT molecular complexity index is 18.8. The molecule has 0 atom stereocenters. The molecule has 2 heteroatoms. The van der Waals surface area contributed by atoms with Crippen molar-refractivity contribution >= 4 is 10.6 Å². The quantitative estimate of drug-likeness (QED) is 0.482. The predicted molar refractivity (Wildman–Crippen MR) is 28.1 cm³/mol. The van der Waals surface area contributed by atoms with E-state index in [0.717, 1.165) is 5.92 Å². The standard InChI is InChI=1S/C4H10.Cu.S/c1-4(2)3;;/h4H,1-3H3;;. The Hall–Kier alpha value is 0.739. The molecule has 0 aliphatic rings. The van der Waals surface area contributed by atoms with Crippen LogP contribution in [0.2, 0.25) is 0 Å². The molecule has 0 radical (unpaired) electrons. The van der Waals surface area contributed by atoms with Crippen LogP contribution in [0, 0.1) is 5.92 Å². The van der Waals surface area contributed by atoms with Crippen molar-refractivity contribution in [3.05, 3.63) is 0 Å². The van der Waals surface area contributed by atoms with Crippen LogP contribution in [0.3, 0.4) is 0 Å². The van der Waals surface area contributed by atoms with Crippen molar-refractivity contribution in [3.8, 4) is 0 Å². The fraction of sp³-hybridized carbons (Fsp3) is 1.00. The van der Waals surface area contributed by atoms with Gasteiger partial charge in [-0.1, -0.05) is 20.8 Å². The molecule has 0 unspecified atom stereocenters. The van der Waals surface area contributed by atoms with Gasteiger partial charge in [-0.3, -0.25) is 0 Å². The summed E-state index contributed by atoms with van der Waals surface area (Å²) in [6, 6.07) is 0. The van der Waals surface area contributed by atoms with E-state index in [-0.39, 0.29) is 0 Å². The van der Waals surface area contributed by atoms with Crippen LogP contribution in [0.5, 0.6) is 0 Å². The predicted octanol–water partition coefficient (Wildman–Crippen LogP) is 2.31. The Morgan fingerprint density at radius 2 is 1.17 bits per heavy atom. The fourth-order valence-corrected chi connectivity index (χ4v) is 0. The molecule has 0 fully saturated rings. The second-order valence-corrected chi connectivity index (χ2v) is 1.73. The van der Waals surface area contributed by atoms with Crippen LogP contribution >= 0.6 is 10.6 Å². The summed E-state index contributed by atoms with van der Waals surface area (Å²) in [6.45, 7) is 6.50. The van der Waals surface area contributed by atoms with E-state index in [0.29, 0.717) is 0 Å². The second kappa shape index (κ2) is 9.22. The van der Waals surface area contributed by atoms with Gasteiger partial charge in [0, 0.05) is 0 Å². The summed E-state index contributed by atoms with van der Waals surface area (Å²) in [5.41, 5.74) is 0. The van der Waals surface area contributed by atoms with Gasteiger partial charge in [0.1, 0.15) is 0 Å². The van der Waals surface area contributed by atoms with Crippen molar-refractivity contribution in [1.29, 1.82) is 0 Å². The van der Waals surface area contributed by atoms with Gasteiger partial charge in [-0.05, 0) is 5.92 Å². The van der Waals surface area contributed by atoms with Crippen molar-refractivity contribution in [3.63, 3.8) is 0 Å². The Balaban J connectivity index is 0. The Morgan fingerprint density at radius 1 is 1.17 bits per heavy atom. The first-order valence-corrected chi connectivity index (χ1v) is 3.25. The second-order valence-electron chi connectivity index (χ2n) is 1.73. The Kier molecular flexibility index (Phi) is 15.2. The zero-order valence-electron chi connectivity index (χ0n) is 4.29. The van der Waals surface area contributed by atoms with Gasteiger partial charge in [0.05, 0.1) is 0 Å². The molecule has 0 nitrogen and oxygen atoms in total. The van der Waals surface area contributed by atoms with E-state index in [9.17, 15) is 0 Å². The normalized spacial score (nSPS) is 7.00. The van der Waals surface area contributed by atoms with Crippen molar-refractivity contribution in [2.45, 2.75) is 20.8 Å². The van der Waals surface area contributed by atoms with Gasteiger partial charge in [0.2, 0.25) is 0 Å². The maximum absolute atomic E-state index is 3.77. The van der Waals surface area contributed by atoms with Gasteiger partial charge >= 0.3 is 24.9 Å². The molecule has 0 bridgehead atoms. The van der Waals surface area contributed by atoms with Crippen LogP contribution in [-0.4, -0.2) is 0 Å². The van der Waals surface area contributed by atoms with E-state index in [1.165, 1.54) is 0 Å². The Labute approximate surface area is 52.0 Å². The summed E-state index contributed by atoms with van der Waals surface area (Å²) >= 11 is 3.77. The molecule has 0 saturated carbocycles. The van der Waals surface area contributed by atoms with Crippen LogP contribution in [0.25, 0.3) is 0 Å². The fourth-order valence-electron chi connectivity index (χ4n) is 0. The molecule has 0 spiro atoms. The molecule has 0 aliphatic heterocycles. The third-order valence-corrected chi connectivity index (χ3v) is 0. The van der Waals surface area contributed by atoms with Crippen molar-refractivity contribution in [1.82, 2.24) is 0 Å². The number of rotatable bonds is 0. The zero-order valence-corrected chi connectivity index (χ0v) is 6.05. The first-order chi connectivity index (χ1) is 2.73. The first kappa shape index (κ1) is 9.88. The van der Waals surface area contributed by atoms with Crippen LogP contribution in [0.1, 0.15) is 20.8 Å². The topological polar surface area (TPSA) is 0 Å². The number of hydrogen-bond donors (Lipinski definition) is 0. The van der Waals surface area contributed by atoms with Gasteiger partial charge in [-0.2, -0.15) is 0 Å². The molecule has 0 saturated heterocycles. The van der Waals surface area contributed by atoms with Crippen LogP contribution in [-0.2, 0) is 14.4 Å². The van der Waals surface area contributed by atoms with Crippen LogP contribution in [0.15, 0.2) is 0 Å². The van der Waals surface area contributed by atoms with E-state index in [2.05, 4.69) is 45.7 Å². The van der Waals surface area contributed by atoms with Crippen LogP contribution in [0.4, 0.5) is 0 Å². The van der Waals surface area contributed by atoms with Gasteiger partial charge in [0.15, 0.2) is 0 Å². The molecule has 6 heavy (non-hydrogen) atoms. The molecule has 0 aromatic rings. The summed E-state index contributed by atoms with van der Waals surface area (Å²) in [5.74, 6) is 0.833. The molecule has 0 amide bonds. The molecule has 0 aromatic heterocycles. The van der Waals surface area contributed by atoms with Gasteiger partial charge < -0.3 is 0 Å². The average Bonchev–Trinajstić information content (AvgIpc) is 1.41.